The van der Waals surface area contributed by atoms with Crippen LogP contribution < -0.4 is 4.74 Å². The maximum absolute atomic E-state index is 11.4. The second kappa shape index (κ2) is 9.29. The van der Waals surface area contributed by atoms with Crippen molar-refractivity contribution < 1.29 is 13.9 Å². The van der Waals surface area contributed by atoms with Gasteiger partial charge in [-0.1, -0.05) is 38.1 Å². The van der Waals surface area contributed by atoms with Crippen LogP contribution in [-0.4, -0.2) is 17.9 Å². The summed E-state index contributed by atoms with van der Waals surface area (Å²) in [5, 5.41) is 0. The molecule has 30 heavy (non-hydrogen) atoms. The van der Waals surface area contributed by atoms with Crippen molar-refractivity contribution in [1.82, 2.24) is 4.98 Å². The normalized spacial score (nSPS) is 16.3. The number of benzene rings is 2. The fourth-order valence-corrected chi connectivity index (χ4v) is 4.46. The average Bonchev–Trinajstić information content (AvgIpc) is 3.39. The molecule has 0 fully saturated rings. The minimum Gasteiger partial charge on any atom is -0.493 e. The van der Waals surface area contributed by atoms with Gasteiger partial charge in [0.05, 0.1) is 12.3 Å². The zero-order valence-corrected chi connectivity index (χ0v) is 17.8. The minimum absolute atomic E-state index is 0.122. The lowest BCUT2D eigenvalue weighted by atomic mass is 9.86. The highest BCUT2D eigenvalue weighted by Crippen LogP contribution is 2.40. The van der Waals surface area contributed by atoms with Gasteiger partial charge in [-0.05, 0) is 60.6 Å². The van der Waals surface area contributed by atoms with E-state index in [-0.39, 0.29) is 5.92 Å². The van der Waals surface area contributed by atoms with Crippen LogP contribution in [0.2, 0.25) is 0 Å². The predicted octanol–water partition coefficient (Wildman–Crippen LogP) is 5.78. The topological polar surface area (TPSA) is 52.3 Å². The molecule has 0 bridgehead atoms. The molecule has 2 atom stereocenters. The van der Waals surface area contributed by atoms with Crippen LogP contribution in [0.1, 0.15) is 55.2 Å². The molecule has 1 aromatic heterocycles. The van der Waals surface area contributed by atoms with E-state index in [9.17, 15) is 4.79 Å². The van der Waals surface area contributed by atoms with Crippen LogP contribution >= 0.6 is 0 Å². The molecule has 0 saturated heterocycles. The van der Waals surface area contributed by atoms with E-state index in [1.807, 2.05) is 36.4 Å². The second-order valence-electron chi connectivity index (χ2n) is 7.92. The highest BCUT2D eigenvalue weighted by atomic mass is 16.5. The predicted molar refractivity (Wildman–Crippen MR) is 118 cm³/mol. The Bertz CT molecular complexity index is 993. The van der Waals surface area contributed by atoms with Gasteiger partial charge < -0.3 is 13.9 Å². The van der Waals surface area contributed by atoms with Crippen LogP contribution in [0, 0.1) is 5.92 Å². The van der Waals surface area contributed by atoms with Gasteiger partial charge in [0, 0.05) is 24.3 Å². The number of carbonyl (C=O) groups is 1. The van der Waals surface area contributed by atoms with Gasteiger partial charge in [0.2, 0.25) is 5.89 Å². The number of rotatable bonds is 9. The van der Waals surface area contributed by atoms with Crippen LogP contribution in [0.25, 0.3) is 11.5 Å². The van der Waals surface area contributed by atoms with Crippen molar-refractivity contribution in [1.29, 1.82) is 0 Å². The van der Waals surface area contributed by atoms with Gasteiger partial charge in [-0.15, -0.1) is 0 Å². The lowest BCUT2D eigenvalue weighted by Crippen LogP contribution is -2.11. The molecule has 156 valence electrons. The Morgan fingerprint density at radius 1 is 1.20 bits per heavy atom. The summed E-state index contributed by atoms with van der Waals surface area (Å²) in [6.07, 6.45) is 5.61. The largest absolute Gasteiger partial charge is 0.493 e. The van der Waals surface area contributed by atoms with Gasteiger partial charge in [-0.3, -0.25) is 0 Å². The summed E-state index contributed by atoms with van der Waals surface area (Å²) in [5.41, 5.74) is 4.60. The highest BCUT2D eigenvalue weighted by Gasteiger charge is 2.28. The summed E-state index contributed by atoms with van der Waals surface area (Å²) in [6.45, 7) is 4.73. The molecule has 0 saturated carbocycles. The van der Waals surface area contributed by atoms with E-state index >= 15 is 0 Å². The number of carbonyl (C=O) groups excluding carboxylic acids is 1. The van der Waals surface area contributed by atoms with E-state index in [4.69, 9.17) is 14.1 Å². The number of oxazole rings is 1. The molecule has 1 aliphatic carbocycles. The quantitative estimate of drug-likeness (QED) is 0.425. The number of ether oxygens (including phenoxy) is 1. The molecule has 2 aromatic carbocycles. The molecule has 4 nitrogen and oxygen atoms in total. The molecule has 4 rings (SSSR count). The molecule has 2 unspecified atom stereocenters. The standard InChI is InChI=1S/C26H29NO3/c1-3-18(17-28)22-12-10-20-16-21(11-13-23(20)22)29-15-14-24-25(4-2)30-26(27-24)19-8-6-5-7-9-19/h5-9,11,13,16-18,22H,3-4,10,12,14-15H2,1-2H3. The lowest BCUT2D eigenvalue weighted by Gasteiger charge is -2.17. The Kier molecular flexibility index (Phi) is 6.32. The maximum Gasteiger partial charge on any atom is 0.226 e. The van der Waals surface area contributed by atoms with E-state index in [1.165, 1.54) is 11.1 Å². The van der Waals surface area contributed by atoms with Gasteiger partial charge in [0.25, 0.3) is 0 Å². The zero-order chi connectivity index (χ0) is 20.9. The number of aldehydes is 1. The number of fused-ring (bicyclic) bond motifs is 1. The van der Waals surface area contributed by atoms with E-state index in [1.54, 1.807) is 0 Å². The molecule has 0 aliphatic heterocycles. The Morgan fingerprint density at radius 2 is 2.03 bits per heavy atom. The van der Waals surface area contributed by atoms with Crippen LogP contribution in [-0.2, 0) is 24.1 Å². The molecule has 0 spiro atoms. The lowest BCUT2D eigenvalue weighted by molar-refractivity contribution is -0.111. The molecule has 1 aliphatic rings. The van der Waals surface area contributed by atoms with Crippen LogP contribution in [0.15, 0.2) is 52.9 Å². The summed E-state index contributed by atoms with van der Waals surface area (Å²) in [5.74, 6) is 2.96. The molecule has 4 heteroatoms. The number of hydrogen-bond donors (Lipinski definition) is 0. The van der Waals surface area contributed by atoms with Crippen molar-refractivity contribution in [2.75, 3.05) is 6.61 Å². The number of hydrogen-bond acceptors (Lipinski definition) is 4. The Balaban J connectivity index is 1.41. The molecule has 0 N–H and O–H groups in total. The highest BCUT2D eigenvalue weighted by molar-refractivity contribution is 5.57. The van der Waals surface area contributed by atoms with Crippen molar-refractivity contribution >= 4 is 6.29 Å². The Hall–Kier alpha value is -2.88. The summed E-state index contributed by atoms with van der Waals surface area (Å²) in [6, 6.07) is 16.3. The first-order valence-electron chi connectivity index (χ1n) is 11.0. The van der Waals surface area contributed by atoms with Crippen LogP contribution in [0.5, 0.6) is 5.75 Å². The Labute approximate surface area is 178 Å². The first-order chi connectivity index (χ1) is 14.7. The van der Waals surface area contributed by atoms with E-state index in [0.717, 1.165) is 54.7 Å². The van der Waals surface area contributed by atoms with Gasteiger partial charge in [0.1, 0.15) is 17.8 Å². The summed E-state index contributed by atoms with van der Waals surface area (Å²) in [7, 11) is 0. The average molecular weight is 404 g/mol. The molecule has 0 radical (unpaired) electrons. The monoisotopic (exact) mass is 403 g/mol. The number of aromatic nitrogens is 1. The first kappa shape index (κ1) is 20.4. The molecular weight excluding hydrogens is 374 g/mol. The fraction of sp³-hybridized carbons (Fsp3) is 0.385. The molecule has 3 aromatic rings. The van der Waals surface area contributed by atoms with Crippen molar-refractivity contribution in [3.63, 3.8) is 0 Å². The smallest absolute Gasteiger partial charge is 0.226 e. The third-order valence-electron chi connectivity index (χ3n) is 6.13. The van der Waals surface area contributed by atoms with Gasteiger partial charge in [-0.2, -0.15) is 0 Å². The fourth-order valence-electron chi connectivity index (χ4n) is 4.46. The maximum atomic E-state index is 11.4. The third kappa shape index (κ3) is 4.18. The third-order valence-corrected chi connectivity index (χ3v) is 6.13. The van der Waals surface area contributed by atoms with Gasteiger partial charge in [0.15, 0.2) is 0 Å². The first-order valence-corrected chi connectivity index (χ1v) is 11.0. The van der Waals surface area contributed by atoms with E-state index < -0.39 is 0 Å². The molecular formula is C26H29NO3. The summed E-state index contributed by atoms with van der Waals surface area (Å²) >= 11 is 0. The minimum atomic E-state index is 0.122. The zero-order valence-electron chi connectivity index (χ0n) is 17.8. The second-order valence-corrected chi connectivity index (χ2v) is 7.92. The van der Waals surface area contributed by atoms with Gasteiger partial charge >= 0.3 is 0 Å². The van der Waals surface area contributed by atoms with Crippen LogP contribution in [0.4, 0.5) is 0 Å². The number of nitrogens with zero attached hydrogens (tertiary/aromatic N) is 1. The van der Waals surface area contributed by atoms with Gasteiger partial charge in [-0.25, -0.2) is 4.98 Å². The SMILES string of the molecule is CCc1oc(-c2ccccc2)nc1CCOc1ccc2c(c1)CCC2C(C=O)CC. The summed E-state index contributed by atoms with van der Waals surface area (Å²) < 4.78 is 12.0. The van der Waals surface area contributed by atoms with Crippen molar-refractivity contribution in [2.24, 2.45) is 5.92 Å². The molecule has 0 amide bonds. The van der Waals surface area contributed by atoms with E-state index in [0.29, 0.717) is 24.8 Å². The van der Waals surface area contributed by atoms with Crippen LogP contribution in [0.3, 0.4) is 0 Å². The summed E-state index contributed by atoms with van der Waals surface area (Å²) in [4.78, 5) is 16.1. The van der Waals surface area contributed by atoms with Crippen molar-refractivity contribution in [3.8, 4) is 17.2 Å². The number of aryl methyl sites for hydroxylation is 2. The van der Waals surface area contributed by atoms with Crippen molar-refractivity contribution in [3.05, 3.63) is 71.1 Å². The Morgan fingerprint density at radius 3 is 2.77 bits per heavy atom. The van der Waals surface area contributed by atoms with E-state index in [2.05, 4.69) is 26.0 Å². The van der Waals surface area contributed by atoms with Crippen molar-refractivity contribution in [2.45, 2.75) is 51.9 Å². The molecule has 1 heterocycles.